The van der Waals surface area contributed by atoms with Gasteiger partial charge in [0.05, 0.1) is 6.54 Å². The van der Waals surface area contributed by atoms with Gasteiger partial charge in [0, 0.05) is 23.0 Å². The normalized spacial score (nSPS) is 15.2. The van der Waals surface area contributed by atoms with Crippen LogP contribution in [-0.4, -0.2) is 16.8 Å². The Morgan fingerprint density at radius 1 is 1.40 bits per heavy atom. The predicted octanol–water partition coefficient (Wildman–Crippen LogP) is 4.41. The van der Waals surface area contributed by atoms with E-state index in [1.54, 1.807) is 17.0 Å². The van der Waals surface area contributed by atoms with E-state index < -0.39 is 0 Å². The highest BCUT2D eigenvalue weighted by molar-refractivity contribution is 6.31. The molecule has 0 atom stereocenters. The second-order valence-electron chi connectivity index (χ2n) is 6.69. The van der Waals surface area contributed by atoms with E-state index in [2.05, 4.69) is 0 Å². The van der Waals surface area contributed by atoms with Crippen molar-refractivity contribution in [1.82, 2.24) is 4.90 Å². The average molecular weight is 298 g/mol. The van der Waals surface area contributed by atoms with Crippen molar-refractivity contribution in [2.45, 2.75) is 52.6 Å². The van der Waals surface area contributed by atoms with Crippen molar-refractivity contribution in [3.05, 3.63) is 34.6 Å². The number of hydrogen-bond donors (Lipinski definition) is 0. The van der Waals surface area contributed by atoms with Gasteiger partial charge in [0.1, 0.15) is 5.82 Å². The van der Waals surface area contributed by atoms with E-state index in [-0.39, 0.29) is 29.7 Å². The molecule has 0 heterocycles. The van der Waals surface area contributed by atoms with Gasteiger partial charge < -0.3 is 4.90 Å². The first-order valence-corrected chi connectivity index (χ1v) is 7.38. The molecule has 0 unspecified atom stereocenters. The lowest BCUT2D eigenvalue weighted by atomic mass is 9.91. The number of halogens is 2. The summed E-state index contributed by atoms with van der Waals surface area (Å²) in [7, 11) is 0. The molecule has 2 nitrogen and oxygen atoms in total. The van der Waals surface area contributed by atoms with Crippen LogP contribution in [0.1, 0.15) is 45.6 Å². The zero-order valence-electron chi connectivity index (χ0n) is 12.2. The van der Waals surface area contributed by atoms with Crippen LogP contribution in [0, 0.1) is 11.2 Å². The molecule has 1 aromatic carbocycles. The van der Waals surface area contributed by atoms with E-state index in [1.165, 1.54) is 6.07 Å². The fraction of sp³-hybridized carbons (Fsp3) is 0.562. The van der Waals surface area contributed by atoms with E-state index in [1.807, 2.05) is 20.8 Å². The Morgan fingerprint density at radius 3 is 2.55 bits per heavy atom. The lowest BCUT2D eigenvalue weighted by molar-refractivity contribution is -0.134. The van der Waals surface area contributed by atoms with Crippen LogP contribution < -0.4 is 0 Å². The van der Waals surface area contributed by atoms with Gasteiger partial charge in [0.25, 0.3) is 0 Å². The Kier molecular flexibility index (Phi) is 4.38. The summed E-state index contributed by atoms with van der Waals surface area (Å²) in [6.45, 7) is 6.37. The molecule has 1 aliphatic rings. The Hall–Kier alpha value is -1.09. The molecule has 2 rings (SSSR count). The minimum Gasteiger partial charge on any atom is -0.335 e. The lowest BCUT2D eigenvalue weighted by Gasteiger charge is -2.27. The van der Waals surface area contributed by atoms with Crippen molar-refractivity contribution in [2.24, 2.45) is 5.41 Å². The largest absolute Gasteiger partial charge is 0.335 e. The molecule has 0 bridgehead atoms. The van der Waals surface area contributed by atoms with Crippen molar-refractivity contribution in [2.75, 3.05) is 0 Å². The van der Waals surface area contributed by atoms with Gasteiger partial charge in [-0.25, -0.2) is 4.39 Å². The first kappa shape index (κ1) is 15.3. The number of rotatable bonds is 4. The second kappa shape index (κ2) is 5.72. The second-order valence-corrected chi connectivity index (χ2v) is 7.10. The summed E-state index contributed by atoms with van der Waals surface area (Å²) in [5, 5.41) is 0.388. The van der Waals surface area contributed by atoms with Crippen molar-refractivity contribution in [3.8, 4) is 0 Å². The summed E-state index contributed by atoms with van der Waals surface area (Å²) in [6, 6.07) is 4.89. The summed E-state index contributed by atoms with van der Waals surface area (Å²) in [4.78, 5) is 14.2. The van der Waals surface area contributed by atoms with E-state index in [0.29, 0.717) is 17.0 Å². The number of carbonyl (C=O) groups is 1. The van der Waals surface area contributed by atoms with Crippen molar-refractivity contribution >= 4 is 17.5 Å². The maximum atomic E-state index is 13.9. The van der Waals surface area contributed by atoms with E-state index in [9.17, 15) is 9.18 Å². The van der Waals surface area contributed by atoms with Gasteiger partial charge in [-0.15, -0.1) is 0 Å². The minimum absolute atomic E-state index is 0.0662. The molecule has 110 valence electrons. The first-order chi connectivity index (χ1) is 9.28. The van der Waals surface area contributed by atoms with Gasteiger partial charge in [-0.2, -0.15) is 0 Å². The predicted molar refractivity (Wildman–Crippen MR) is 79.1 cm³/mol. The number of nitrogens with zero attached hydrogens (tertiary/aromatic N) is 1. The highest BCUT2D eigenvalue weighted by Crippen LogP contribution is 2.33. The zero-order chi connectivity index (χ0) is 14.9. The van der Waals surface area contributed by atoms with Crippen LogP contribution in [0.15, 0.2) is 18.2 Å². The molecule has 20 heavy (non-hydrogen) atoms. The van der Waals surface area contributed by atoms with Gasteiger partial charge in [-0.3, -0.25) is 4.79 Å². The summed E-state index contributed by atoms with van der Waals surface area (Å²) in [6.07, 6.45) is 2.47. The van der Waals surface area contributed by atoms with Crippen molar-refractivity contribution in [3.63, 3.8) is 0 Å². The standard InChI is InChI=1S/C16H21ClFNO/c1-16(2,3)9-15(20)19(11-7-8-11)10-12-13(17)5-4-6-14(12)18/h4-6,11H,7-10H2,1-3H3. The van der Waals surface area contributed by atoms with Crippen LogP contribution in [0.5, 0.6) is 0 Å². The maximum absolute atomic E-state index is 13.9. The topological polar surface area (TPSA) is 20.3 Å². The van der Waals surface area contributed by atoms with Gasteiger partial charge in [-0.05, 0) is 30.4 Å². The molecule has 1 saturated carbocycles. The average Bonchev–Trinajstić information content (AvgIpc) is 3.10. The lowest BCUT2D eigenvalue weighted by Crippen LogP contribution is -2.35. The molecule has 0 N–H and O–H groups in total. The van der Waals surface area contributed by atoms with E-state index in [4.69, 9.17) is 11.6 Å². The summed E-state index contributed by atoms with van der Waals surface area (Å²) < 4.78 is 13.9. The molecule has 1 fully saturated rings. The number of carbonyl (C=O) groups excluding carboxylic acids is 1. The first-order valence-electron chi connectivity index (χ1n) is 7.00. The molecule has 0 saturated heterocycles. The number of hydrogen-bond acceptors (Lipinski definition) is 1. The smallest absolute Gasteiger partial charge is 0.223 e. The highest BCUT2D eigenvalue weighted by Gasteiger charge is 2.34. The fourth-order valence-corrected chi connectivity index (χ4v) is 2.44. The molecule has 4 heteroatoms. The van der Waals surface area contributed by atoms with Crippen LogP contribution in [0.3, 0.4) is 0 Å². The Bertz CT molecular complexity index is 485. The third-order valence-electron chi connectivity index (χ3n) is 3.38. The summed E-state index contributed by atoms with van der Waals surface area (Å²) in [5.74, 6) is -0.258. The fourth-order valence-electron chi connectivity index (χ4n) is 2.22. The van der Waals surface area contributed by atoms with Gasteiger partial charge in [0.15, 0.2) is 0 Å². The van der Waals surface area contributed by atoms with E-state index >= 15 is 0 Å². The molecule has 1 aliphatic carbocycles. The third kappa shape index (κ3) is 3.95. The van der Waals surface area contributed by atoms with Crippen LogP contribution in [0.2, 0.25) is 5.02 Å². The molecule has 1 amide bonds. The summed E-state index contributed by atoms with van der Waals surface area (Å²) >= 11 is 6.06. The van der Waals surface area contributed by atoms with Crippen LogP contribution >= 0.6 is 11.6 Å². The van der Waals surface area contributed by atoms with Crippen LogP contribution in [-0.2, 0) is 11.3 Å². The Labute approximate surface area is 124 Å². The Morgan fingerprint density at radius 2 is 2.05 bits per heavy atom. The van der Waals surface area contributed by atoms with Crippen molar-refractivity contribution in [1.29, 1.82) is 0 Å². The minimum atomic E-state index is -0.341. The molecular weight excluding hydrogens is 277 g/mol. The highest BCUT2D eigenvalue weighted by atomic mass is 35.5. The zero-order valence-corrected chi connectivity index (χ0v) is 13.0. The summed E-state index contributed by atoms with van der Waals surface area (Å²) in [5.41, 5.74) is 0.354. The Balaban J connectivity index is 2.16. The van der Waals surface area contributed by atoms with Crippen LogP contribution in [0.4, 0.5) is 4.39 Å². The SMILES string of the molecule is CC(C)(C)CC(=O)N(Cc1c(F)cccc1Cl)C1CC1. The number of amides is 1. The van der Waals surface area contributed by atoms with Crippen molar-refractivity contribution < 1.29 is 9.18 Å². The van der Waals surface area contributed by atoms with Crippen LogP contribution in [0.25, 0.3) is 0 Å². The van der Waals surface area contributed by atoms with Gasteiger partial charge in [0.2, 0.25) is 5.91 Å². The molecule has 0 aliphatic heterocycles. The molecule has 1 aromatic rings. The quantitative estimate of drug-likeness (QED) is 0.806. The molecule has 0 radical (unpaired) electrons. The third-order valence-corrected chi connectivity index (χ3v) is 3.73. The molecule has 0 spiro atoms. The monoisotopic (exact) mass is 297 g/mol. The maximum Gasteiger partial charge on any atom is 0.223 e. The van der Waals surface area contributed by atoms with E-state index in [0.717, 1.165) is 12.8 Å². The van der Waals surface area contributed by atoms with Gasteiger partial charge in [-0.1, -0.05) is 38.4 Å². The molecule has 0 aromatic heterocycles. The number of benzene rings is 1. The molecular formula is C16H21ClFNO. The van der Waals surface area contributed by atoms with Gasteiger partial charge >= 0.3 is 0 Å².